The number of aryl methyl sites for hydroxylation is 1. The van der Waals surface area contributed by atoms with Gasteiger partial charge in [-0.1, -0.05) is 18.2 Å². The lowest BCUT2D eigenvalue weighted by molar-refractivity contribution is 0.215. The molecule has 0 saturated carbocycles. The number of hydrogen-bond acceptors (Lipinski definition) is 4. The Balaban J connectivity index is 1.74. The Morgan fingerprint density at radius 1 is 1.20 bits per heavy atom. The predicted molar refractivity (Wildman–Crippen MR) is 80.4 cm³/mol. The lowest BCUT2D eigenvalue weighted by atomic mass is 10.3. The molecule has 3 aromatic rings. The van der Waals surface area contributed by atoms with Gasteiger partial charge in [-0.15, -0.1) is 11.3 Å². The number of rotatable bonds is 2. The number of anilines is 1. The van der Waals surface area contributed by atoms with Crippen LogP contribution < -0.4 is 10.1 Å². The van der Waals surface area contributed by atoms with Crippen molar-refractivity contribution >= 4 is 33.3 Å². The summed E-state index contributed by atoms with van der Waals surface area (Å²) in [7, 11) is 0. The maximum absolute atomic E-state index is 11.8. The van der Waals surface area contributed by atoms with Gasteiger partial charge in [-0.05, 0) is 37.3 Å². The van der Waals surface area contributed by atoms with Gasteiger partial charge in [0, 0.05) is 5.69 Å². The molecule has 4 nitrogen and oxygen atoms in total. The van der Waals surface area contributed by atoms with Crippen molar-refractivity contribution in [2.45, 2.75) is 6.92 Å². The first-order valence-electron chi connectivity index (χ1n) is 6.12. The van der Waals surface area contributed by atoms with E-state index in [1.807, 2.05) is 43.3 Å². The standard InChI is InChI=1S/C15H12N2O2S/c1-10-16-13-8-7-11(9-14(13)20-10)17-15(18)19-12-5-3-2-4-6-12/h2-9H,1H3,(H,17,18). The number of thiazole rings is 1. The highest BCUT2D eigenvalue weighted by molar-refractivity contribution is 7.18. The molecule has 1 aromatic heterocycles. The molecule has 0 spiro atoms. The van der Waals surface area contributed by atoms with Crippen molar-refractivity contribution in [1.82, 2.24) is 4.98 Å². The fraction of sp³-hybridized carbons (Fsp3) is 0.0667. The van der Waals surface area contributed by atoms with Crippen LogP contribution in [0, 0.1) is 6.92 Å². The van der Waals surface area contributed by atoms with Gasteiger partial charge in [0.25, 0.3) is 0 Å². The number of nitrogens with zero attached hydrogens (tertiary/aromatic N) is 1. The second-order valence-corrected chi connectivity index (χ2v) is 5.48. The molecule has 0 aliphatic carbocycles. The Morgan fingerprint density at radius 3 is 2.80 bits per heavy atom. The third kappa shape index (κ3) is 2.78. The first-order valence-corrected chi connectivity index (χ1v) is 6.93. The average molecular weight is 284 g/mol. The highest BCUT2D eigenvalue weighted by Crippen LogP contribution is 2.24. The number of carbonyl (C=O) groups is 1. The second kappa shape index (κ2) is 5.30. The Kier molecular flexibility index (Phi) is 3.35. The van der Waals surface area contributed by atoms with Crippen LogP contribution in [-0.4, -0.2) is 11.1 Å². The summed E-state index contributed by atoms with van der Waals surface area (Å²) in [5.41, 5.74) is 1.64. The van der Waals surface area contributed by atoms with Crippen molar-refractivity contribution < 1.29 is 9.53 Å². The molecule has 3 rings (SSSR count). The van der Waals surface area contributed by atoms with Crippen LogP contribution in [0.2, 0.25) is 0 Å². The molecule has 0 fully saturated rings. The number of ether oxygens (including phenoxy) is 1. The van der Waals surface area contributed by atoms with Crippen molar-refractivity contribution in [1.29, 1.82) is 0 Å². The van der Waals surface area contributed by atoms with Crippen molar-refractivity contribution in [3.8, 4) is 5.75 Å². The third-order valence-corrected chi connectivity index (χ3v) is 3.63. The first-order chi connectivity index (χ1) is 9.70. The molecule has 5 heteroatoms. The summed E-state index contributed by atoms with van der Waals surface area (Å²) in [4.78, 5) is 16.2. The molecule has 1 N–H and O–H groups in total. The van der Waals surface area contributed by atoms with Gasteiger partial charge in [0.15, 0.2) is 0 Å². The minimum atomic E-state index is -0.503. The van der Waals surface area contributed by atoms with Crippen LogP contribution in [0.15, 0.2) is 48.5 Å². The molecule has 0 aliphatic rings. The molecule has 0 radical (unpaired) electrons. The maximum Gasteiger partial charge on any atom is 0.417 e. The van der Waals surface area contributed by atoms with Crippen molar-refractivity contribution in [3.05, 3.63) is 53.5 Å². The number of fused-ring (bicyclic) bond motifs is 1. The van der Waals surface area contributed by atoms with E-state index in [1.165, 1.54) is 0 Å². The third-order valence-electron chi connectivity index (χ3n) is 2.70. The van der Waals surface area contributed by atoms with Gasteiger partial charge in [0.2, 0.25) is 0 Å². The normalized spacial score (nSPS) is 10.4. The van der Waals surface area contributed by atoms with Crippen molar-refractivity contribution in [2.75, 3.05) is 5.32 Å². The number of carbonyl (C=O) groups excluding carboxylic acids is 1. The van der Waals surface area contributed by atoms with Gasteiger partial charge in [0.05, 0.1) is 15.2 Å². The van der Waals surface area contributed by atoms with E-state index in [2.05, 4.69) is 10.3 Å². The van der Waals surface area contributed by atoms with Crippen LogP contribution >= 0.6 is 11.3 Å². The molecule has 0 aliphatic heterocycles. The maximum atomic E-state index is 11.8. The number of nitrogens with one attached hydrogen (secondary N) is 1. The quantitative estimate of drug-likeness (QED) is 0.766. The molecular weight excluding hydrogens is 272 g/mol. The summed E-state index contributed by atoms with van der Waals surface area (Å²) in [6, 6.07) is 14.6. The summed E-state index contributed by atoms with van der Waals surface area (Å²) in [6.45, 7) is 1.96. The van der Waals surface area contributed by atoms with E-state index in [0.717, 1.165) is 15.2 Å². The van der Waals surface area contributed by atoms with Crippen LogP contribution in [0.1, 0.15) is 5.01 Å². The molecule has 0 saturated heterocycles. The lowest BCUT2D eigenvalue weighted by Crippen LogP contribution is -2.16. The molecule has 1 amide bonds. The Morgan fingerprint density at radius 2 is 2.00 bits per heavy atom. The van der Waals surface area contributed by atoms with E-state index in [9.17, 15) is 4.79 Å². The highest BCUT2D eigenvalue weighted by Gasteiger charge is 2.07. The zero-order valence-electron chi connectivity index (χ0n) is 10.8. The van der Waals surface area contributed by atoms with Gasteiger partial charge >= 0.3 is 6.09 Å². The molecule has 0 unspecified atom stereocenters. The van der Waals surface area contributed by atoms with Crippen LogP contribution in [0.4, 0.5) is 10.5 Å². The zero-order valence-corrected chi connectivity index (χ0v) is 11.6. The fourth-order valence-corrected chi connectivity index (χ4v) is 2.72. The summed E-state index contributed by atoms with van der Waals surface area (Å²) >= 11 is 1.59. The van der Waals surface area contributed by atoms with Crippen LogP contribution in [-0.2, 0) is 0 Å². The average Bonchev–Trinajstić information content (AvgIpc) is 2.79. The van der Waals surface area contributed by atoms with Crippen LogP contribution in [0.5, 0.6) is 5.75 Å². The number of amides is 1. The number of aromatic nitrogens is 1. The lowest BCUT2D eigenvalue weighted by Gasteiger charge is -2.06. The summed E-state index contributed by atoms with van der Waals surface area (Å²) < 4.78 is 6.21. The minimum Gasteiger partial charge on any atom is -0.410 e. The first kappa shape index (κ1) is 12.6. The Hall–Kier alpha value is -2.40. The predicted octanol–water partition coefficient (Wildman–Crippen LogP) is 4.22. The monoisotopic (exact) mass is 284 g/mol. The number of para-hydroxylation sites is 1. The smallest absolute Gasteiger partial charge is 0.410 e. The Labute approximate surface area is 120 Å². The van der Waals surface area contributed by atoms with E-state index in [-0.39, 0.29) is 0 Å². The minimum absolute atomic E-state index is 0.503. The molecule has 0 atom stereocenters. The SMILES string of the molecule is Cc1nc2ccc(NC(=O)Oc3ccccc3)cc2s1. The molecule has 20 heavy (non-hydrogen) atoms. The zero-order chi connectivity index (χ0) is 13.9. The molecule has 2 aromatic carbocycles. The van der Waals surface area contributed by atoms with Crippen molar-refractivity contribution in [3.63, 3.8) is 0 Å². The Bertz CT molecular complexity index is 753. The van der Waals surface area contributed by atoms with Gasteiger partial charge in [0.1, 0.15) is 5.75 Å². The molecule has 1 heterocycles. The van der Waals surface area contributed by atoms with E-state index in [1.54, 1.807) is 23.5 Å². The molecule has 0 bridgehead atoms. The second-order valence-electron chi connectivity index (χ2n) is 4.24. The fourth-order valence-electron chi connectivity index (χ4n) is 1.86. The molecule has 100 valence electrons. The van der Waals surface area contributed by atoms with Gasteiger partial charge < -0.3 is 4.74 Å². The van der Waals surface area contributed by atoms with Gasteiger partial charge in [-0.2, -0.15) is 0 Å². The van der Waals surface area contributed by atoms with Crippen molar-refractivity contribution in [2.24, 2.45) is 0 Å². The number of hydrogen-bond donors (Lipinski definition) is 1. The van der Waals surface area contributed by atoms with Gasteiger partial charge in [-0.3, -0.25) is 5.32 Å². The van der Waals surface area contributed by atoms with E-state index >= 15 is 0 Å². The topological polar surface area (TPSA) is 51.2 Å². The van der Waals surface area contributed by atoms with E-state index in [0.29, 0.717) is 11.4 Å². The van der Waals surface area contributed by atoms with E-state index in [4.69, 9.17) is 4.74 Å². The highest BCUT2D eigenvalue weighted by atomic mass is 32.1. The van der Waals surface area contributed by atoms with Crippen LogP contribution in [0.25, 0.3) is 10.2 Å². The van der Waals surface area contributed by atoms with E-state index < -0.39 is 6.09 Å². The largest absolute Gasteiger partial charge is 0.417 e. The summed E-state index contributed by atoms with van der Waals surface area (Å²) in [5, 5.41) is 3.71. The van der Waals surface area contributed by atoms with Gasteiger partial charge in [-0.25, -0.2) is 9.78 Å². The van der Waals surface area contributed by atoms with Crippen LogP contribution in [0.3, 0.4) is 0 Å². The molecular formula is C15H12N2O2S. The summed E-state index contributed by atoms with van der Waals surface area (Å²) in [5.74, 6) is 0.514. The number of benzene rings is 2. The summed E-state index contributed by atoms with van der Waals surface area (Å²) in [6.07, 6.45) is -0.503.